The number of ether oxygens (including phenoxy) is 1. The van der Waals surface area contributed by atoms with Crippen molar-refractivity contribution < 1.29 is 13.2 Å². The first kappa shape index (κ1) is 21.4. The molecule has 30 heavy (non-hydrogen) atoms. The lowest BCUT2D eigenvalue weighted by Crippen LogP contribution is -2.40. The van der Waals surface area contributed by atoms with Gasteiger partial charge in [0, 0.05) is 38.6 Å². The van der Waals surface area contributed by atoms with E-state index in [0.29, 0.717) is 37.6 Å². The molecule has 1 saturated heterocycles. The van der Waals surface area contributed by atoms with Crippen molar-refractivity contribution in [3.63, 3.8) is 0 Å². The van der Waals surface area contributed by atoms with Crippen LogP contribution in [-0.4, -0.2) is 58.1 Å². The predicted molar refractivity (Wildman–Crippen MR) is 117 cm³/mol. The standard InChI is InChI=1S/C20H27N5O3S2/c1-3-8-23-9-7-21-20(23)29-15-19-22-17-14-16(5-6-18(17)25(19)4-2)30(26,27)24-10-12-28-13-11-24/h5-7,9,14H,3-4,8,10-13,15H2,1-2H3. The summed E-state index contributed by atoms with van der Waals surface area (Å²) in [6, 6.07) is 5.25. The number of fused-ring (bicyclic) bond motifs is 1. The Kier molecular flexibility index (Phi) is 6.47. The molecule has 3 heterocycles. The van der Waals surface area contributed by atoms with E-state index in [9.17, 15) is 8.42 Å². The molecule has 2 aromatic heterocycles. The second-order valence-electron chi connectivity index (χ2n) is 7.13. The highest BCUT2D eigenvalue weighted by Gasteiger charge is 2.27. The predicted octanol–water partition coefficient (Wildman–Crippen LogP) is 2.98. The van der Waals surface area contributed by atoms with Crippen LogP contribution >= 0.6 is 11.8 Å². The minimum absolute atomic E-state index is 0.287. The van der Waals surface area contributed by atoms with Gasteiger partial charge < -0.3 is 13.9 Å². The number of sulfonamides is 1. The largest absolute Gasteiger partial charge is 0.379 e. The van der Waals surface area contributed by atoms with Gasteiger partial charge in [0.05, 0.1) is 34.9 Å². The first-order valence-electron chi connectivity index (χ1n) is 10.3. The summed E-state index contributed by atoms with van der Waals surface area (Å²) in [6.45, 7) is 7.56. The Bertz CT molecular complexity index is 1120. The number of aryl methyl sites for hydroxylation is 2. The molecule has 0 unspecified atom stereocenters. The van der Waals surface area contributed by atoms with Gasteiger partial charge in [0.2, 0.25) is 10.0 Å². The van der Waals surface area contributed by atoms with Gasteiger partial charge in [-0.2, -0.15) is 4.31 Å². The lowest BCUT2D eigenvalue weighted by molar-refractivity contribution is 0.0730. The zero-order chi connectivity index (χ0) is 21.1. The summed E-state index contributed by atoms with van der Waals surface area (Å²) < 4.78 is 37.0. The average Bonchev–Trinajstić information content (AvgIpc) is 3.35. The van der Waals surface area contributed by atoms with Crippen LogP contribution < -0.4 is 0 Å². The van der Waals surface area contributed by atoms with E-state index in [2.05, 4.69) is 28.0 Å². The van der Waals surface area contributed by atoms with Gasteiger partial charge in [-0.25, -0.2) is 18.4 Å². The molecule has 3 aromatic rings. The Hall–Kier alpha value is -1.88. The van der Waals surface area contributed by atoms with Crippen LogP contribution in [0.25, 0.3) is 11.0 Å². The van der Waals surface area contributed by atoms with Crippen LogP contribution in [0, 0.1) is 0 Å². The number of morpholine rings is 1. The van der Waals surface area contributed by atoms with Gasteiger partial charge in [-0.1, -0.05) is 18.7 Å². The van der Waals surface area contributed by atoms with Crippen molar-refractivity contribution in [2.45, 2.75) is 49.2 Å². The average molecular weight is 450 g/mol. The second-order valence-corrected chi connectivity index (χ2v) is 10.0. The summed E-state index contributed by atoms with van der Waals surface area (Å²) in [4.78, 5) is 9.51. The van der Waals surface area contributed by atoms with Gasteiger partial charge in [0.25, 0.3) is 0 Å². The fraction of sp³-hybridized carbons (Fsp3) is 0.500. The van der Waals surface area contributed by atoms with E-state index in [1.54, 1.807) is 23.9 Å². The van der Waals surface area contributed by atoms with E-state index >= 15 is 0 Å². The summed E-state index contributed by atoms with van der Waals surface area (Å²) in [7, 11) is -3.54. The highest BCUT2D eigenvalue weighted by molar-refractivity contribution is 7.98. The Morgan fingerprint density at radius 1 is 1.20 bits per heavy atom. The summed E-state index contributed by atoms with van der Waals surface area (Å²) in [6.07, 6.45) is 4.87. The Labute approximate surface area is 181 Å². The van der Waals surface area contributed by atoms with Gasteiger partial charge in [0.1, 0.15) is 5.82 Å². The highest BCUT2D eigenvalue weighted by Crippen LogP contribution is 2.27. The molecule has 0 N–H and O–H groups in total. The van der Waals surface area contributed by atoms with Crippen molar-refractivity contribution in [1.29, 1.82) is 0 Å². The first-order valence-corrected chi connectivity index (χ1v) is 12.7. The van der Waals surface area contributed by atoms with E-state index < -0.39 is 10.0 Å². The summed E-state index contributed by atoms with van der Waals surface area (Å²) >= 11 is 1.65. The van der Waals surface area contributed by atoms with Crippen LogP contribution in [0.1, 0.15) is 26.1 Å². The van der Waals surface area contributed by atoms with E-state index in [1.165, 1.54) is 4.31 Å². The molecule has 8 nitrogen and oxygen atoms in total. The fourth-order valence-corrected chi connectivity index (χ4v) is 6.06. The second kappa shape index (κ2) is 9.09. The van der Waals surface area contributed by atoms with Gasteiger partial charge in [-0.3, -0.25) is 0 Å². The lowest BCUT2D eigenvalue weighted by atomic mass is 10.3. The minimum Gasteiger partial charge on any atom is -0.379 e. The van der Waals surface area contributed by atoms with E-state index in [1.807, 2.05) is 18.5 Å². The molecule has 1 aromatic carbocycles. The molecule has 4 rings (SSSR count). The van der Waals surface area contributed by atoms with E-state index in [0.717, 1.165) is 36.0 Å². The summed E-state index contributed by atoms with van der Waals surface area (Å²) in [5.74, 6) is 1.60. The lowest BCUT2D eigenvalue weighted by Gasteiger charge is -2.26. The van der Waals surface area contributed by atoms with Crippen molar-refractivity contribution in [1.82, 2.24) is 23.4 Å². The highest BCUT2D eigenvalue weighted by atomic mass is 32.2. The van der Waals surface area contributed by atoms with E-state index in [4.69, 9.17) is 9.72 Å². The third-order valence-corrected chi connectivity index (χ3v) is 8.09. The molecule has 1 fully saturated rings. The van der Waals surface area contributed by atoms with Crippen molar-refractivity contribution in [2.75, 3.05) is 26.3 Å². The molecule has 0 saturated carbocycles. The van der Waals surface area contributed by atoms with Crippen LogP contribution in [0.5, 0.6) is 0 Å². The van der Waals surface area contributed by atoms with Crippen LogP contribution in [0.2, 0.25) is 0 Å². The smallest absolute Gasteiger partial charge is 0.243 e. The maximum absolute atomic E-state index is 13.0. The number of rotatable bonds is 8. The fourth-order valence-electron chi connectivity index (χ4n) is 3.69. The Morgan fingerprint density at radius 2 is 2.00 bits per heavy atom. The maximum atomic E-state index is 13.0. The van der Waals surface area contributed by atoms with E-state index in [-0.39, 0.29) is 4.90 Å². The number of hydrogen-bond acceptors (Lipinski definition) is 6. The molecule has 0 atom stereocenters. The molecule has 0 spiro atoms. The SMILES string of the molecule is CCCn1ccnc1SCc1nc2cc(S(=O)(=O)N3CCOCC3)ccc2n1CC. The van der Waals surface area contributed by atoms with Gasteiger partial charge in [-0.05, 0) is 31.5 Å². The third-order valence-electron chi connectivity index (χ3n) is 5.19. The van der Waals surface area contributed by atoms with Crippen molar-refractivity contribution in [3.05, 3.63) is 36.4 Å². The number of thioether (sulfide) groups is 1. The van der Waals surface area contributed by atoms with Gasteiger partial charge >= 0.3 is 0 Å². The normalized spacial score (nSPS) is 15.8. The molecule has 0 bridgehead atoms. The number of benzene rings is 1. The van der Waals surface area contributed by atoms with Crippen molar-refractivity contribution >= 4 is 32.8 Å². The monoisotopic (exact) mass is 449 g/mol. The number of hydrogen-bond donors (Lipinski definition) is 0. The number of aromatic nitrogens is 4. The first-order chi connectivity index (χ1) is 14.5. The van der Waals surface area contributed by atoms with Crippen LogP contribution in [0.15, 0.2) is 40.6 Å². The van der Waals surface area contributed by atoms with Gasteiger partial charge in [0.15, 0.2) is 5.16 Å². The minimum atomic E-state index is -3.54. The summed E-state index contributed by atoms with van der Waals surface area (Å²) in [5, 5.41) is 0.974. The molecule has 162 valence electrons. The maximum Gasteiger partial charge on any atom is 0.243 e. The zero-order valence-electron chi connectivity index (χ0n) is 17.3. The molecule has 1 aliphatic heterocycles. The molecule has 0 radical (unpaired) electrons. The summed E-state index contributed by atoms with van der Waals surface area (Å²) in [5.41, 5.74) is 1.66. The molecule has 0 amide bonds. The molecular formula is C20H27N5O3S2. The Balaban J connectivity index is 1.61. The number of nitrogens with zero attached hydrogens (tertiary/aromatic N) is 5. The van der Waals surface area contributed by atoms with Crippen LogP contribution in [0.3, 0.4) is 0 Å². The van der Waals surface area contributed by atoms with Crippen molar-refractivity contribution in [2.24, 2.45) is 0 Å². The van der Waals surface area contributed by atoms with Crippen LogP contribution in [-0.2, 0) is 33.6 Å². The quantitative estimate of drug-likeness (QED) is 0.492. The Morgan fingerprint density at radius 3 is 2.73 bits per heavy atom. The third kappa shape index (κ3) is 4.14. The molecular weight excluding hydrogens is 422 g/mol. The molecule has 10 heteroatoms. The number of imidazole rings is 2. The molecule has 0 aliphatic carbocycles. The topological polar surface area (TPSA) is 82.2 Å². The zero-order valence-corrected chi connectivity index (χ0v) is 19.0. The van der Waals surface area contributed by atoms with Gasteiger partial charge in [-0.15, -0.1) is 0 Å². The van der Waals surface area contributed by atoms with Crippen LogP contribution in [0.4, 0.5) is 0 Å². The van der Waals surface area contributed by atoms with Crippen molar-refractivity contribution in [3.8, 4) is 0 Å². The molecule has 1 aliphatic rings.